The molecule has 0 fully saturated rings. The van der Waals surface area contributed by atoms with Gasteiger partial charge in [-0.25, -0.2) is 0 Å². The highest BCUT2D eigenvalue weighted by molar-refractivity contribution is 9.09. The number of halogens is 3. The van der Waals surface area contributed by atoms with E-state index in [-0.39, 0.29) is 0 Å². The number of ether oxygens (including phenoxy) is 3. The molecular weight excluding hydrogens is 503 g/mol. The van der Waals surface area contributed by atoms with Gasteiger partial charge in [0.25, 0.3) is 0 Å². The summed E-state index contributed by atoms with van der Waals surface area (Å²) in [6, 6.07) is 3.73. The van der Waals surface area contributed by atoms with Gasteiger partial charge in [-0.1, -0.05) is 59.6 Å². The average Bonchev–Trinajstić information content (AvgIpc) is 2.77. The normalized spacial score (nSPS) is 12.1. The SMILES string of the molecule is C=C1C=C(Nc2c(Cl)cncc2Cl)c2ccc(OC)c(OCCCCCBr)c2O1.CC. The summed E-state index contributed by atoms with van der Waals surface area (Å²) in [6.07, 6.45) is 7.94. The van der Waals surface area contributed by atoms with E-state index in [1.807, 2.05) is 26.0 Å². The second kappa shape index (κ2) is 12.8. The number of alkyl halides is 1. The molecule has 2 aromatic rings. The number of hydrogen-bond donors (Lipinski definition) is 1. The fraction of sp³-hybridized carbons (Fsp3) is 0.348. The molecule has 5 nitrogen and oxygen atoms in total. The zero-order valence-electron chi connectivity index (χ0n) is 17.9. The molecule has 0 spiro atoms. The summed E-state index contributed by atoms with van der Waals surface area (Å²) in [5.41, 5.74) is 2.08. The predicted molar refractivity (Wildman–Crippen MR) is 133 cm³/mol. The summed E-state index contributed by atoms with van der Waals surface area (Å²) < 4.78 is 17.4. The predicted octanol–water partition coefficient (Wildman–Crippen LogP) is 7.73. The van der Waals surface area contributed by atoms with Gasteiger partial charge in [0.2, 0.25) is 5.75 Å². The molecule has 0 bridgehead atoms. The molecule has 0 radical (unpaired) electrons. The Labute approximate surface area is 202 Å². The van der Waals surface area contributed by atoms with Gasteiger partial charge in [0.05, 0.1) is 35.1 Å². The van der Waals surface area contributed by atoms with Crippen LogP contribution in [0.25, 0.3) is 5.70 Å². The van der Waals surface area contributed by atoms with Crippen LogP contribution in [0.4, 0.5) is 5.69 Å². The highest BCUT2D eigenvalue weighted by Gasteiger charge is 2.25. The minimum atomic E-state index is 0.411. The molecule has 0 saturated heterocycles. The number of benzene rings is 1. The number of nitrogens with one attached hydrogen (secondary N) is 1. The van der Waals surface area contributed by atoms with E-state index in [0.29, 0.717) is 45.3 Å². The number of allylic oxidation sites excluding steroid dienone is 1. The number of hydrogen-bond acceptors (Lipinski definition) is 5. The first kappa shape index (κ1) is 25.4. The van der Waals surface area contributed by atoms with Crippen LogP contribution >= 0.6 is 39.1 Å². The van der Waals surface area contributed by atoms with E-state index in [1.54, 1.807) is 13.2 Å². The lowest BCUT2D eigenvalue weighted by atomic mass is 10.1. The third-order valence-electron chi connectivity index (χ3n) is 4.26. The monoisotopic (exact) mass is 528 g/mol. The van der Waals surface area contributed by atoms with Crippen molar-refractivity contribution in [3.05, 3.63) is 58.5 Å². The number of anilines is 1. The maximum atomic E-state index is 6.26. The van der Waals surface area contributed by atoms with Crippen LogP contribution in [-0.4, -0.2) is 24.0 Å². The Morgan fingerprint density at radius 3 is 2.48 bits per heavy atom. The molecule has 1 aromatic carbocycles. The van der Waals surface area contributed by atoms with Crippen molar-refractivity contribution in [2.75, 3.05) is 24.4 Å². The molecule has 2 heterocycles. The zero-order valence-corrected chi connectivity index (χ0v) is 21.0. The van der Waals surface area contributed by atoms with Crippen LogP contribution in [-0.2, 0) is 0 Å². The minimum Gasteiger partial charge on any atom is -0.493 e. The fourth-order valence-corrected chi connectivity index (χ4v) is 3.73. The van der Waals surface area contributed by atoms with Gasteiger partial charge < -0.3 is 19.5 Å². The van der Waals surface area contributed by atoms with Crippen LogP contribution in [0.2, 0.25) is 10.0 Å². The van der Waals surface area contributed by atoms with Gasteiger partial charge in [-0.15, -0.1) is 0 Å². The standard InChI is InChI=1S/C21H21BrCl2N2O3.C2H6/c1-13-10-17(26-19-15(23)11-25-12-16(19)24)14-6-7-18(27-2)21(20(14)29-13)28-9-5-3-4-8-22;1-2/h6-7,10-12H,1,3-5,8-9H2,2H3,(H,25,26);1-2H3. The lowest BCUT2D eigenvalue weighted by Crippen LogP contribution is -2.11. The Kier molecular flexibility index (Phi) is 10.5. The van der Waals surface area contributed by atoms with Crippen LogP contribution in [0.1, 0.15) is 38.7 Å². The topological polar surface area (TPSA) is 52.6 Å². The Hall–Kier alpha value is -1.89. The van der Waals surface area contributed by atoms with Crippen LogP contribution < -0.4 is 19.5 Å². The summed E-state index contributed by atoms with van der Waals surface area (Å²) in [6.45, 7) is 8.51. The fourth-order valence-electron chi connectivity index (χ4n) is 2.87. The molecule has 31 heavy (non-hydrogen) atoms. The lowest BCUT2D eigenvalue weighted by Gasteiger charge is -2.25. The smallest absolute Gasteiger partial charge is 0.204 e. The molecule has 0 aliphatic carbocycles. The van der Waals surface area contributed by atoms with Gasteiger partial charge >= 0.3 is 0 Å². The van der Waals surface area contributed by atoms with Crippen molar-refractivity contribution in [3.63, 3.8) is 0 Å². The molecule has 1 aliphatic heterocycles. The average molecular weight is 530 g/mol. The third kappa shape index (κ3) is 6.55. The summed E-state index contributed by atoms with van der Waals surface area (Å²) in [7, 11) is 1.60. The van der Waals surface area contributed by atoms with Crippen molar-refractivity contribution in [2.45, 2.75) is 33.1 Å². The van der Waals surface area contributed by atoms with Crippen molar-refractivity contribution >= 4 is 50.5 Å². The van der Waals surface area contributed by atoms with Crippen molar-refractivity contribution in [3.8, 4) is 17.2 Å². The number of pyridine rings is 1. The summed E-state index contributed by atoms with van der Waals surface area (Å²) in [5.74, 6) is 2.14. The van der Waals surface area contributed by atoms with Crippen molar-refractivity contribution in [2.24, 2.45) is 0 Å². The molecule has 0 amide bonds. The number of fused-ring (bicyclic) bond motifs is 1. The van der Waals surface area contributed by atoms with Crippen LogP contribution in [0.15, 0.2) is 42.9 Å². The van der Waals surface area contributed by atoms with Gasteiger partial charge in [-0.05, 0) is 31.4 Å². The highest BCUT2D eigenvalue weighted by atomic mass is 79.9. The van der Waals surface area contributed by atoms with Crippen LogP contribution in [0, 0.1) is 0 Å². The Morgan fingerprint density at radius 2 is 1.84 bits per heavy atom. The van der Waals surface area contributed by atoms with E-state index in [0.717, 1.165) is 35.9 Å². The van der Waals surface area contributed by atoms with Crippen LogP contribution in [0.3, 0.4) is 0 Å². The molecule has 8 heteroatoms. The molecule has 0 saturated carbocycles. The van der Waals surface area contributed by atoms with E-state index in [9.17, 15) is 0 Å². The quantitative estimate of drug-likeness (QED) is 0.266. The summed E-state index contributed by atoms with van der Waals surface area (Å²) >= 11 is 16.0. The van der Waals surface area contributed by atoms with E-state index in [4.69, 9.17) is 37.4 Å². The van der Waals surface area contributed by atoms with Crippen molar-refractivity contribution in [1.29, 1.82) is 0 Å². The highest BCUT2D eigenvalue weighted by Crippen LogP contribution is 2.46. The maximum Gasteiger partial charge on any atom is 0.204 e. The van der Waals surface area contributed by atoms with Gasteiger partial charge in [0, 0.05) is 29.4 Å². The second-order valence-corrected chi connectivity index (χ2v) is 7.91. The van der Waals surface area contributed by atoms with Gasteiger partial charge in [-0.3, -0.25) is 4.98 Å². The Morgan fingerprint density at radius 1 is 1.13 bits per heavy atom. The van der Waals surface area contributed by atoms with E-state index < -0.39 is 0 Å². The van der Waals surface area contributed by atoms with Gasteiger partial charge in [0.1, 0.15) is 5.76 Å². The summed E-state index contributed by atoms with van der Waals surface area (Å²) in [5, 5.41) is 5.08. The molecule has 0 atom stereocenters. The number of methoxy groups -OCH3 is 1. The largest absolute Gasteiger partial charge is 0.493 e. The van der Waals surface area contributed by atoms with Crippen molar-refractivity contribution in [1.82, 2.24) is 4.98 Å². The molecular formula is C23H27BrCl2N2O3. The molecule has 0 unspecified atom stereocenters. The second-order valence-electron chi connectivity index (χ2n) is 6.30. The third-order valence-corrected chi connectivity index (χ3v) is 5.40. The minimum absolute atomic E-state index is 0.411. The summed E-state index contributed by atoms with van der Waals surface area (Å²) in [4.78, 5) is 3.98. The first-order chi connectivity index (χ1) is 15.0. The number of nitrogens with zero attached hydrogens (tertiary/aromatic N) is 1. The molecule has 1 aromatic heterocycles. The molecule has 1 aliphatic rings. The molecule has 168 valence electrons. The maximum absolute atomic E-state index is 6.26. The molecule has 1 N–H and O–H groups in total. The lowest BCUT2D eigenvalue weighted by molar-refractivity contribution is 0.270. The van der Waals surface area contributed by atoms with Crippen molar-refractivity contribution < 1.29 is 14.2 Å². The Bertz CT molecular complexity index is 915. The van der Waals surface area contributed by atoms with Gasteiger partial charge in [-0.2, -0.15) is 0 Å². The molecule has 3 rings (SSSR count). The first-order valence-electron chi connectivity index (χ1n) is 10.1. The van der Waals surface area contributed by atoms with E-state index in [2.05, 4.69) is 32.8 Å². The van der Waals surface area contributed by atoms with E-state index >= 15 is 0 Å². The van der Waals surface area contributed by atoms with E-state index in [1.165, 1.54) is 12.4 Å². The Balaban J connectivity index is 0.00000166. The zero-order chi connectivity index (χ0) is 22.8. The first-order valence-corrected chi connectivity index (χ1v) is 12.0. The number of aromatic nitrogens is 1. The number of unbranched alkanes of at least 4 members (excludes halogenated alkanes) is 2. The van der Waals surface area contributed by atoms with Crippen LogP contribution in [0.5, 0.6) is 17.2 Å². The number of rotatable bonds is 9. The van der Waals surface area contributed by atoms with Gasteiger partial charge in [0.15, 0.2) is 11.5 Å².